The van der Waals surface area contributed by atoms with Gasteiger partial charge in [0.05, 0.1) is 14.2 Å². The van der Waals surface area contributed by atoms with Crippen LogP contribution in [0.25, 0.3) is 0 Å². The van der Waals surface area contributed by atoms with Crippen molar-refractivity contribution < 1.29 is 14.3 Å². The molecule has 7 heteroatoms. The summed E-state index contributed by atoms with van der Waals surface area (Å²) in [5.74, 6) is 2.34. The van der Waals surface area contributed by atoms with Gasteiger partial charge in [0.2, 0.25) is 11.8 Å². The first-order valence-corrected chi connectivity index (χ1v) is 8.73. The number of methoxy groups -OCH3 is 2. The molecule has 0 atom stereocenters. The zero-order valence-electron chi connectivity index (χ0n) is 15.2. The van der Waals surface area contributed by atoms with Gasteiger partial charge >= 0.3 is 0 Å². The van der Waals surface area contributed by atoms with Crippen molar-refractivity contribution in [2.45, 2.75) is 12.8 Å². The summed E-state index contributed by atoms with van der Waals surface area (Å²) >= 11 is 0. The molecule has 1 saturated heterocycles. The van der Waals surface area contributed by atoms with Crippen molar-refractivity contribution in [3.8, 4) is 11.6 Å². The number of nitrogens with zero attached hydrogens (tertiary/aromatic N) is 4. The maximum absolute atomic E-state index is 12.5. The van der Waals surface area contributed by atoms with Crippen molar-refractivity contribution >= 4 is 11.7 Å². The first-order chi connectivity index (χ1) is 12.7. The molecular weight excluding hydrogens is 332 g/mol. The molecule has 3 rings (SSSR count). The van der Waals surface area contributed by atoms with E-state index in [1.54, 1.807) is 20.3 Å². The normalized spacial score (nSPS) is 14.2. The summed E-state index contributed by atoms with van der Waals surface area (Å²) < 4.78 is 10.2. The quantitative estimate of drug-likeness (QED) is 0.786. The highest BCUT2D eigenvalue weighted by atomic mass is 16.5. The highest BCUT2D eigenvalue weighted by Gasteiger charge is 2.21. The van der Waals surface area contributed by atoms with E-state index in [0.717, 1.165) is 36.6 Å². The van der Waals surface area contributed by atoms with E-state index in [2.05, 4.69) is 15.1 Å². The van der Waals surface area contributed by atoms with Crippen LogP contribution in [-0.4, -0.2) is 61.4 Å². The molecular formula is C19H24N4O3. The number of ether oxygens (including phenoxy) is 2. The van der Waals surface area contributed by atoms with E-state index < -0.39 is 0 Å². The van der Waals surface area contributed by atoms with Gasteiger partial charge in [0, 0.05) is 38.7 Å². The van der Waals surface area contributed by atoms with Gasteiger partial charge in [0.1, 0.15) is 5.75 Å². The van der Waals surface area contributed by atoms with Gasteiger partial charge in [-0.05, 0) is 30.2 Å². The maximum atomic E-state index is 12.5. The first kappa shape index (κ1) is 18.0. The van der Waals surface area contributed by atoms with Gasteiger partial charge in [-0.15, -0.1) is 10.2 Å². The van der Waals surface area contributed by atoms with Crippen molar-refractivity contribution in [3.05, 3.63) is 42.0 Å². The molecule has 1 aromatic carbocycles. The molecule has 0 bridgehead atoms. The van der Waals surface area contributed by atoms with Crippen LogP contribution in [-0.2, 0) is 11.2 Å². The molecule has 0 aliphatic carbocycles. The Kier molecular flexibility index (Phi) is 5.88. The van der Waals surface area contributed by atoms with Gasteiger partial charge in [-0.25, -0.2) is 0 Å². The predicted octanol–water partition coefficient (Wildman–Crippen LogP) is 1.78. The van der Waals surface area contributed by atoms with Crippen LogP contribution in [0, 0.1) is 0 Å². The van der Waals surface area contributed by atoms with Gasteiger partial charge in [-0.3, -0.25) is 4.79 Å². The fraction of sp³-hybridized carbons (Fsp3) is 0.421. The summed E-state index contributed by atoms with van der Waals surface area (Å²) in [5.41, 5.74) is 1.14. The fourth-order valence-corrected chi connectivity index (χ4v) is 2.98. The summed E-state index contributed by atoms with van der Waals surface area (Å²) in [6.07, 6.45) is 1.27. The molecule has 0 N–H and O–H groups in total. The number of carbonyl (C=O) groups is 1. The smallest absolute Gasteiger partial charge is 0.233 e. The molecule has 0 radical (unpaired) electrons. The molecule has 1 aliphatic rings. The van der Waals surface area contributed by atoms with Crippen molar-refractivity contribution in [3.63, 3.8) is 0 Å². The second-order valence-corrected chi connectivity index (χ2v) is 6.15. The van der Waals surface area contributed by atoms with Crippen LogP contribution in [0.15, 0.2) is 36.4 Å². The zero-order valence-corrected chi connectivity index (χ0v) is 15.2. The largest absolute Gasteiger partial charge is 0.497 e. The molecule has 138 valence electrons. The second-order valence-electron chi connectivity index (χ2n) is 6.15. The summed E-state index contributed by atoms with van der Waals surface area (Å²) in [4.78, 5) is 16.5. The minimum absolute atomic E-state index is 0.196. The molecule has 0 saturated carbocycles. The molecule has 1 fully saturated rings. The highest BCUT2D eigenvalue weighted by molar-refractivity contribution is 5.76. The Morgan fingerprint density at radius 1 is 0.962 bits per heavy atom. The maximum Gasteiger partial charge on any atom is 0.233 e. The Morgan fingerprint density at radius 2 is 1.69 bits per heavy atom. The number of carbonyl (C=O) groups excluding carboxylic acids is 1. The third-order valence-corrected chi connectivity index (χ3v) is 4.58. The van der Waals surface area contributed by atoms with Gasteiger partial charge < -0.3 is 19.3 Å². The van der Waals surface area contributed by atoms with Crippen molar-refractivity contribution in [1.82, 2.24) is 15.1 Å². The Balaban J connectivity index is 1.46. The number of amides is 1. The standard InChI is InChI=1S/C19H24N4O3/c1-25-16-6-3-15(4-7-16)5-10-19(24)23-13-11-22(12-14-23)17-8-9-18(26-2)21-20-17/h3-4,6-9H,5,10-14H2,1-2H3. The molecule has 1 amide bonds. The number of rotatable bonds is 6. The summed E-state index contributed by atoms with van der Waals surface area (Å²) in [7, 11) is 3.22. The molecule has 7 nitrogen and oxygen atoms in total. The number of anilines is 1. The van der Waals surface area contributed by atoms with Crippen molar-refractivity contribution in [1.29, 1.82) is 0 Å². The number of piperazine rings is 1. The number of benzene rings is 1. The van der Waals surface area contributed by atoms with E-state index in [9.17, 15) is 4.79 Å². The van der Waals surface area contributed by atoms with E-state index in [0.29, 0.717) is 25.4 Å². The number of aromatic nitrogens is 2. The van der Waals surface area contributed by atoms with E-state index in [1.165, 1.54) is 0 Å². The molecule has 2 heterocycles. The van der Waals surface area contributed by atoms with E-state index in [-0.39, 0.29) is 5.91 Å². The first-order valence-electron chi connectivity index (χ1n) is 8.73. The van der Waals surface area contributed by atoms with Crippen molar-refractivity contribution in [2.24, 2.45) is 0 Å². The third kappa shape index (κ3) is 4.41. The van der Waals surface area contributed by atoms with Crippen LogP contribution in [0.1, 0.15) is 12.0 Å². The van der Waals surface area contributed by atoms with Crippen LogP contribution in [0.5, 0.6) is 11.6 Å². The van der Waals surface area contributed by atoms with Crippen molar-refractivity contribution in [2.75, 3.05) is 45.3 Å². The van der Waals surface area contributed by atoms with Crippen LogP contribution >= 0.6 is 0 Å². The van der Waals surface area contributed by atoms with Gasteiger partial charge in [0.15, 0.2) is 5.82 Å². The van der Waals surface area contributed by atoms with Gasteiger partial charge in [0.25, 0.3) is 0 Å². The Hall–Kier alpha value is -2.83. The number of aryl methyl sites for hydroxylation is 1. The number of hydrogen-bond acceptors (Lipinski definition) is 6. The average Bonchev–Trinajstić information content (AvgIpc) is 2.72. The minimum Gasteiger partial charge on any atom is -0.497 e. The average molecular weight is 356 g/mol. The molecule has 0 unspecified atom stereocenters. The predicted molar refractivity (Wildman–Crippen MR) is 98.7 cm³/mol. The summed E-state index contributed by atoms with van der Waals surface area (Å²) in [5, 5.41) is 8.17. The number of hydrogen-bond donors (Lipinski definition) is 0. The van der Waals surface area contributed by atoms with Crippen LogP contribution in [0.4, 0.5) is 5.82 Å². The Bertz CT molecular complexity index is 711. The van der Waals surface area contributed by atoms with Gasteiger partial charge in [-0.1, -0.05) is 12.1 Å². The summed E-state index contributed by atoms with van der Waals surface area (Å²) in [6, 6.07) is 11.6. The third-order valence-electron chi connectivity index (χ3n) is 4.58. The lowest BCUT2D eigenvalue weighted by molar-refractivity contribution is -0.131. The lowest BCUT2D eigenvalue weighted by Crippen LogP contribution is -2.49. The molecule has 26 heavy (non-hydrogen) atoms. The molecule has 2 aromatic rings. The van der Waals surface area contributed by atoms with Gasteiger partial charge in [-0.2, -0.15) is 0 Å². The zero-order chi connectivity index (χ0) is 18.4. The molecule has 1 aliphatic heterocycles. The minimum atomic E-state index is 0.196. The molecule has 0 spiro atoms. The lowest BCUT2D eigenvalue weighted by atomic mass is 10.1. The van der Waals surface area contributed by atoms with E-state index >= 15 is 0 Å². The highest BCUT2D eigenvalue weighted by Crippen LogP contribution is 2.16. The van der Waals surface area contributed by atoms with Crippen LogP contribution in [0.2, 0.25) is 0 Å². The second kappa shape index (κ2) is 8.51. The SMILES string of the molecule is COc1ccc(CCC(=O)N2CCN(c3ccc(OC)nn3)CC2)cc1. The lowest BCUT2D eigenvalue weighted by Gasteiger charge is -2.35. The van der Waals surface area contributed by atoms with Crippen LogP contribution in [0.3, 0.4) is 0 Å². The summed E-state index contributed by atoms with van der Waals surface area (Å²) in [6.45, 7) is 2.93. The van der Waals surface area contributed by atoms with Crippen LogP contribution < -0.4 is 14.4 Å². The van der Waals surface area contributed by atoms with E-state index in [1.807, 2.05) is 35.2 Å². The Morgan fingerprint density at radius 3 is 2.27 bits per heavy atom. The topological polar surface area (TPSA) is 67.8 Å². The monoisotopic (exact) mass is 356 g/mol. The molecule has 1 aromatic heterocycles. The fourth-order valence-electron chi connectivity index (χ4n) is 2.98. The Labute approximate surface area is 153 Å². The van der Waals surface area contributed by atoms with E-state index in [4.69, 9.17) is 9.47 Å².